The second-order valence-corrected chi connectivity index (χ2v) is 5.59. The van der Waals surface area contributed by atoms with Crippen LogP contribution in [0.3, 0.4) is 0 Å². The molecule has 1 unspecified atom stereocenters. The van der Waals surface area contributed by atoms with Gasteiger partial charge in [-0.15, -0.1) is 0 Å². The number of benzene rings is 1. The molecule has 0 radical (unpaired) electrons. The Labute approximate surface area is 119 Å². The normalized spacial score (nSPS) is 20.6. The Morgan fingerprint density at radius 1 is 1.25 bits per heavy atom. The van der Waals surface area contributed by atoms with Gasteiger partial charge in [0.15, 0.2) is 0 Å². The van der Waals surface area contributed by atoms with Crippen LogP contribution in [-0.4, -0.2) is 47.7 Å². The molecular weight excluding hydrogens is 250 g/mol. The van der Waals surface area contributed by atoms with Crippen molar-refractivity contribution in [3.63, 3.8) is 0 Å². The van der Waals surface area contributed by atoms with E-state index >= 15 is 0 Å². The largest absolute Gasteiger partial charge is 0.392 e. The Morgan fingerprint density at radius 2 is 2.00 bits per heavy atom. The number of aliphatic hydroxyl groups excluding tert-OH is 1. The number of anilines is 1. The van der Waals surface area contributed by atoms with E-state index in [2.05, 4.69) is 40.9 Å². The van der Waals surface area contributed by atoms with E-state index in [9.17, 15) is 5.11 Å². The van der Waals surface area contributed by atoms with Gasteiger partial charge in [0.1, 0.15) is 5.82 Å². The molecule has 1 aliphatic rings. The first-order chi connectivity index (χ1) is 9.70. The number of nitrogens with zero attached hydrogens (tertiary/aromatic N) is 3. The molecule has 3 rings (SSSR count). The number of aromatic nitrogens is 1. The molecule has 1 aromatic carbocycles. The molecule has 0 amide bonds. The Bertz CT molecular complexity index is 614. The summed E-state index contributed by atoms with van der Waals surface area (Å²) in [4.78, 5) is 9.34. The maximum Gasteiger partial charge on any atom is 0.136 e. The highest BCUT2D eigenvalue weighted by molar-refractivity contribution is 5.94. The van der Waals surface area contributed by atoms with E-state index in [0.717, 1.165) is 41.8 Å². The number of hydrogen-bond acceptors (Lipinski definition) is 4. The summed E-state index contributed by atoms with van der Waals surface area (Å²) in [6, 6.07) is 8.74. The standard InChI is InChI=1S/C16H21N3O/c1-12-10-19(8-7-18(12)2)16-15-6-4-3-5-14(15)13(11-20)9-17-16/h3-6,9,12,20H,7-8,10-11H2,1-2H3. The number of rotatable bonds is 2. The van der Waals surface area contributed by atoms with Gasteiger partial charge in [-0.3, -0.25) is 0 Å². The summed E-state index contributed by atoms with van der Waals surface area (Å²) in [5.74, 6) is 1.04. The molecule has 1 saturated heterocycles. The van der Waals surface area contributed by atoms with E-state index in [1.54, 1.807) is 6.20 Å². The summed E-state index contributed by atoms with van der Waals surface area (Å²) >= 11 is 0. The molecule has 1 aromatic heterocycles. The molecule has 2 aromatic rings. The van der Waals surface area contributed by atoms with Crippen molar-refractivity contribution in [3.05, 3.63) is 36.0 Å². The fraction of sp³-hybridized carbons (Fsp3) is 0.438. The minimum Gasteiger partial charge on any atom is -0.392 e. The van der Waals surface area contributed by atoms with Crippen LogP contribution in [0.25, 0.3) is 10.8 Å². The predicted molar refractivity (Wildman–Crippen MR) is 82.0 cm³/mol. The molecule has 1 fully saturated rings. The van der Waals surface area contributed by atoms with Crippen molar-refractivity contribution in [2.75, 3.05) is 31.6 Å². The second-order valence-electron chi connectivity index (χ2n) is 5.59. The molecule has 0 bridgehead atoms. The van der Waals surface area contributed by atoms with E-state index in [1.807, 2.05) is 12.1 Å². The van der Waals surface area contributed by atoms with Crippen LogP contribution in [0, 0.1) is 0 Å². The molecule has 0 aliphatic carbocycles. The van der Waals surface area contributed by atoms with Crippen LogP contribution in [0.4, 0.5) is 5.82 Å². The van der Waals surface area contributed by atoms with Crippen molar-refractivity contribution < 1.29 is 5.11 Å². The van der Waals surface area contributed by atoms with Gasteiger partial charge in [-0.05, 0) is 19.4 Å². The van der Waals surface area contributed by atoms with Crippen molar-refractivity contribution >= 4 is 16.6 Å². The van der Waals surface area contributed by atoms with Crippen molar-refractivity contribution in [1.29, 1.82) is 0 Å². The Kier molecular flexibility index (Phi) is 3.59. The average molecular weight is 271 g/mol. The van der Waals surface area contributed by atoms with E-state index in [-0.39, 0.29) is 6.61 Å². The monoisotopic (exact) mass is 271 g/mol. The molecule has 1 N–H and O–H groups in total. The summed E-state index contributed by atoms with van der Waals surface area (Å²) in [7, 11) is 2.17. The average Bonchev–Trinajstić information content (AvgIpc) is 2.49. The molecular formula is C16H21N3O. The van der Waals surface area contributed by atoms with E-state index < -0.39 is 0 Å². The molecule has 4 heteroatoms. The minimum absolute atomic E-state index is 0.0347. The SMILES string of the molecule is CC1CN(c2ncc(CO)c3ccccc23)CCN1C. The highest BCUT2D eigenvalue weighted by Gasteiger charge is 2.23. The van der Waals surface area contributed by atoms with Crippen LogP contribution in [0.5, 0.6) is 0 Å². The number of fused-ring (bicyclic) bond motifs is 1. The van der Waals surface area contributed by atoms with Crippen LogP contribution in [0.2, 0.25) is 0 Å². The van der Waals surface area contributed by atoms with Gasteiger partial charge in [-0.2, -0.15) is 0 Å². The zero-order chi connectivity index (χ0) is 14.1. The maximum absolute atomic E-state index is 9.45. The number of likely N-dealkylation sites (N-methyl/N-ethyl adjacent to an activating group) is 1. The third-order valence-corrected chi connectivity index (χ3v) is 4.29. The third-order valence-electron chi connectivity index (χ3n) is 4.29. The molecule has 0 saturated carbocycles. The van der Waals surface area contributed by atoms with Gasteiger partial charge < -0.3 is 14.9 Å². The smallest absolute Gasteiger partial charge is 0.136 e. The third kappa shape index (κ3) is 2.25. The van der Waals surface area contributed by atoms with Crippen molar-refractivity contribution in [3.8, 4) is 0 Å². The van der Waals surface area contributed by atoms with Gasteiger partial charge >= 0.3 is 0 Å². The first-order valence-corrected chi connectivity index (χ1v) is 7.13. The van der Waals surface area contributed by atoms with Crippen molar-refractivity contribution in [1.82, 2.24) is 9.88 Å². The first-order valence-electron chi connectivity index (χ1n) is 7.13. The van der Waals surface area contributed by atoms with Crippen LogP contribution >= 0.6 is 0 Å². The molecule has 0 spiro atoms. The summed E-state index contributed by atoms with van der Waals surface area (Å²) < 4.78 is 0. The molecule has 2 heterocycles. The van der Waals surface area contributed by atoms with Gasteiger partial charge in [-0.25, -0.2) is 4.98 Å². The predicted octanol–water partition coefficient (Wildman–Crippen LogP) is 1.87. The van der Waals surface area contributed by atoms with Crippen LogP contribution in [0.15, 0.2) is 30.5 Å². The first kappa shape index (κ1) is 13.3. The second kappa shape index (κ2) is 5.38. The summed E-state index contributed by atoms with van der Waals surface area (Å²) in [6.07, 6.45) is 1.81. The lowest BCUT2D eigenvalue weighted by Crippen LogP contribution is -2.50. The molecule has 106 valence electrons. The number of piperazine rings is 1. The summed E-state index contributed by atoms with van der Waals surface area (Å²) in [6.45, 7) is 5.32. The van der Waals surface area contributed by atoms with Crippen LogP contribution < -0.4 is 4.90 Å². The highest BCUT2D eigenvalue weighted by Crippen LogP contribution is 2.28. The summed E-state index contributed by atoms with van der Waals surface area (Å²) in [5.41, 5.74) is 0.895. The fourth-order valence-electron chi connectivity index (χ4n) is 2.86. The zero-order valence-electron chi connectivity index (χ0n) is 12.1. The lowest BCUT2D eigenvalue weighted by atomic mass is 10.1. The fourth-order valence-corrected chi connectivity index (χ4v) is 2.86. The van der Waals surface area contributed by atoms with E-state index in [4.69, 9.17) is 0 Å². The van der Waals surface area contributed by atoms with Gasteiger partial charge in [0.25, 0.3) is 0 Å². The highest BCUT2D eigenvalue weighted by atomic mass is 16.3. The van der Waals surface area contributed by atoms with Crippen LogP contribution in [0.1, 0.15) is 12.5 Å². The van der Waals surface area contributed by atoms with Gasteiger partial charge in [0.05, 0.1) is 6.61 Å². The summed E-state index contributed by atoms with van der Waals surface area (Å²) in [5, 5.41) is 11.7. The molecule has 1 atom stereocenters. The zero-order valence-corrected chi connectivity index (χ0v) is 12.1. The Morgan fingerprint density at radius 3 is 2.70 bits per heavy atom. The van der Waals surface area contributed by atoms with Gasteiger partial charge in [-0.1, -0.05) is 24.3 Å². The van der Waals surface area contributed by atoms with E-state index in [0.29, 0.717) is 6.04 Å². The maximum atomic E-state index is 9.45. The molecule has 4 nitrogen and oxygen atoms in total. The lowest BCUT2D eigenvalue weighted by molar-refractivity contribution is 0.233. The van der Waals surface area contributed by atoms with Crippen molar-refractivity contribution in [2.24, 2.45) is 0 Å². The molecule has 20 heavy (non-hydrogen) atoms. The van der Waals surface area contributed by atoms with Gasteiger partial charge in [0, 0.05) is 42.8 Å². The van der Waals surface area contributed by atoms with E-state index in [1.165, 1.54) is 0 Å². The quantitative estimate of drug-likeness (QED) is 0.905. The Hall–Kier alpha value is -1.65. The molecule has 1 aliphatic heterocycles. The number of aliphatic hydroxyl groups is 1. The Balaban J connectivity index is 2.04. The minimum atomic E-state index is 0.0347. The topological polar surface area (TPSA) is 39.6 Å². The number of hydrogen-bond donors (Lipinski definition) is 1. The van der Waals surface area contributed by atoms with Crippen LogP contribution in [-0.2, 0) is 6.61 Å². The van der Waals surface area contributed by atoms with Gasteiger partial charge in [0.2, 0.25) is 0 Å². The van der Waals surface area contributed by atoms with Crippen molar-refractivity contribution in [2.45, 2.75) is 19.6 Å². The lowest BCUT2D eigenvalue weighted by Gasteiger charge is -2.38. The number of pyridine rings is 1.